The predicted molar refractivity (Wildman–Crippen MR) is 125 cm³/mol. The van der Waals surface area contributed by atoms with Gasteiger partial charge in [-0.1, -0.05) is 6.92 Å². The summed E-state index contributed by atoms with van der Waals surface area (Å²) < 4.78 is 49.3. The van der Waals surface area contributed by atoms with E-state index in [0.717, 1.165) is 12.1 Å². The third kappa shape index (κ3) is 8.36. The number of rotatable bonds is 10. The molecule has 1 aliphatic rings. The molecule has 1 aromatic carbocycles. The van der Waals surface area contributed by atoms with Crippen LogP contribution in [0.2, 0.25) is 0 Å². The van der Waals surface area contributed by atoms with Crippen LogP contribution in [0.3, 0.4) is 0 Å². The van der Waals surface area contributed by atoms with Crippen LogP contribution in [0.1, 0.15) is 32.3 Å². The molecular weight excluding hydrogens is 467 g/mol. The molecule has 0 aliphatic carbocycles. The number of hydrogen-bond donors (Lipinski definition) is 2. The smallest absolute Gasteiger partial charge is 0.394 e. The Hall–Kier alpha value is -2.37. The topological polar surface area (TPSA) is 91.3 Å². The fraction of sp³-hybridized carbons (Fsp3) is 0.667. The normalized spacial score (nSPS) is 17.4. The van der Waals surface area contributed by atoms with Crippen molar-refractivity contribution in [1.82, 2.24) is 9.80 Å². The fourth-order valence-corrected chi connectivity index (χ4v) is 4.03. The number of alkyl halides is 3. The number of carbonyl (C=O) groups is 2. The lowest BCUT2D eigenvalue weighted by Crippen LogP contribution is -2.49. The second-order valence-electron chi connectivity index (χ2n) is 9.05. The summed E-state index contributed by atoms with van der Waals surface area (Å²) in [7, 11) is 3.26. The van der Waals surface area contributed by atoms with Gasteiger partial charge in [0.1, 0.15) is 0 Å². The number of likely N-dealkylation sites (N-methyl/N-ethyl adjacent to an activating group) is 1. The van der Waals surface area contributed by atoms with E-state index in [-0.39, 0.29) is 42.7 Å². The Morgan fingerprint density at radius 2 is 1.77 bits per heavy atom. The van der Waals surface area contributed by atoms with Gasteiger partial charge >= 0.3 is 12.2 Å². The Labute approximate surface area is 204 Å². The van der Waals surface area contributed by atoms with E-state index in [1.807, 2.05) is 6.92 Å². The van der Waals surface area contributed by atoms with Gasteiger partial charge in [0, 0.05) is 58.0 Å². The van der Waals surface area contributed by atoms with Crippen molar-refractivity contribution in [3.8, 4) is 0 Å². The number of carbonyl (C=O) groups excluding carboxylic acids is 2. The van der Waals surface area contributed by atoms with Gasteiger partial charge in [0.05, 0.1) is 24.3 Å². The van der Waals surface area contributed by atoms with E-state index in [2.05, 4.69) is 5.32 Å². The van der Waals surface area contributed by atoms with Crippen LogP contribution in [0.4, 0.5) is 23.7 Å². The standard InChI is InChI=1S/C24H36F3N3O5/c1-16(21(34-4)14-29(3)22(32)18-9-11-35-12-10-18)13-30(17(2)15-31)23(33)28-20-7-5-19(6-8-20)24(25,26)27/h5-8,16-18,21,31H,9-15H2,1-4H3,(H,28,33)/t16-,17-,21-/m1/s1. The van der Waals surface area contributed by atoms with Gasteiger partial charge in [-0.3, -0.25) is 4.79 Å². The summed E-state index contributed by atoms with van der Waals surface area (Å²) in [6.07, 6.45) is -3.48. The summed E-state index contributed by atoms with van der Waals surface area (Å²) in [6, 6.07) is 3.04. The highest BCUT2D eigenvalue weighted by Crippen LogP contribution is 2.30. The second-order valence-corrected chi connectivity index (χ2v) is 9.05. The van der Waals surface area contributed by atoms with E-state index in [4.69, 9.17) is 9.47 Å². The van der Waals surface area contributed by atoms with Crippen molar-refractivity contribution < 1.29 is 37.3 Å². The summed E-state index contributed by atoms with van der Waals surface area (Å²) in [4.78, 5) is 28.8. The van der Waals surface area contributed by atoms with Crippen molar-refractivity contribution in [2.75, 3.05) is 52.4 Å². The molecule has 2 rings (SSSR count). The van der Waals surface area contributed by atoms with Crippen LogP contribution < -0.4 is 5.32 Å². The molecule has 198 valence electrons. The minimum Gasteiger partial charge on any atom is -0.394 e. The summed E-state index contributed by atoms with van der Waals surface area (Å²) in [5.74, 6) is -0.262. The van der Waals surface area contributed by atoms with Crippen LogP contribution in [0.5, 0.6) is 0 Å². The summed E-state index contributed by atoms with van der Waals surface area (Å²) in [5.41, 5.74) is -0.608. The van der Waals surface area contributed by atoms with Crippen molar-refractivity contribution in [2.24, 2.45) is 11.8 Å². The first-order valence-corrected chi connectivity index (χ1v) is 11.7. The summed E-state index contributed by atoms with van der Waals surface area (Å²) in [6.45, 7) is 4.91. The molecule has 1 fully saturated rings. The number of aliphatic hydroxyl groups excluding tert-OH is 1. The van der Waals surface area contributed by atoms with Crippen LogP contribution in [0, 0.1) is 11.8 Å². The van der Waals surface area contributed by atoms with Crippen LogP contribution in [-0.2, 0) is 20.4 Å². The van der Waals surface area contributed by atoms with E-state index in [9.17, 15) is 27.9 Å². The van der Waals surface area contributed by atoms with Gasteiger partial charge in [0.15, 0.2) is 0 Å². The van der Waals surface area contributed by atoms with Gasteiger partial charge in [0.25, 0.3) is 0 Å². The molecule has 1 aliphatic heterocycles. The number of benzene rings is 1. The van der Waals surface area contributed by atoms with E-state index < -0.39 is 23.8 Å². The lowest BCUT2D eigenvalue weighted by atomic mass is 9.97. The van der Waals surface area contributed by atoms with Crippen molar-refractivity contribution in [2.45, 2.75) is 45.0 Å². The van der Waals surface area contributed by atoms with Gasteiger partial charge < -0.3 is 29.7 Å². The minimum atomic E-state index is -4.47. The van der Waals surface area contributed by atoms with Gasteiger partial charge in [-0.25, -0.2) is 4.79 Å². The molecule has 1 aromatic rings. The molecule has 3 atom stereocenters. The van der Waals surface area contributed by atoms with Gasteiger partial charge in [0.2, 0.25) is 5.91 Å². The number of anilines is 1. The summed E-state index contributed by atoms with van der Waals surface area (Å²) in [5, 5.41) is 12.3. The molecule has 0 radical (unpaired) electrons. The number of aliphatic hydroxyl groups is 1. The van der Waals surface area contributed by atoms with Crippen molar-refractivity contribution in [1.29, 1.82) is 0 Å². The number of ether oxygens (including phenoxy) is 2. The molecule has 0 saturated carbocycles. The van der Waals surface area contributed by atoms with Crippen LogP contribution in [0.15, 0.2) is 24.3 Å². The molecule has 1 heterocycles. The number of nitrogens with one attached hydrogen (secondary N) is 1. The second kappa shape index (κ2) is 13.1. The number of urea groups is 1. The number of amides is 3. The number of nitrogens with zero attached hydrogens (tertiary/aromatic N) is 2. The van der Waals surface area contributed by atoms with E-state index >= 15 is 0 Å². The Bertz CT molecular complexity index is 816. The minimum absolute atomic E-state index is 0.0307. The maximum Gasteiger partial charge on any atom is 0.416 e. The highest BCUT2D eigenvalue weighted by Gasteiger charge is 2.31. The Balaban J connectivity index is 2.03. The molecule has 35 heavy (non-hydrogen) atoms. The van der Waals surface area contributed by atoms with Crippen LogP contribution in [0.25, 0.3) is 0 Å². The largest absolute Gasteiger partial charge is 0.416 e. The number of halogens is 3. The highest BCUT2D eigenvalue weighted by atomic mass is 19.4. The molecule has 0 bridgehead atoms. The Morgan fingerprint density at radius 1 is 1.17 bits per heavy atom. The van der Waals surface area contributed by atoms with E-state index in [1.165, 1.54) is 24.1 Å². The monoisotopic (exact) mass is 503 g/mol. The van der Waals surface area contributed by atoms with Gasteiger partial charge in [-0.2, -0.15) is 13.2 Å². The average molecular weight is 504 g/mol. The average Bonchev–Trinajstić information content (AvgIpc) is 2.84. The molecule has 1 saturated heterocycles. The first-order valence-electron chi connectivity index (χ1n) is 11.7. The maximum atomic E-state index is 12.9. The van der Waals surface area contributed by atoms with E-state index in [1.54, 1.807) is 18.9 Å². The van der Waals surface area contributed by atoms with Crippen LogP contribution >= 0.6 is 0 Å². The van der Waals surface area contributed by atoms with Crippen molar-refractivity contribution in [3.63, 3.8) is 0 Å². The lowest BCUT2D eigenvalue weighted by molar-refractivity contribution is -0.139. The fourth-order valence-electron chi connectivity index (χ4n) is 4.03. The Kier molecular flexibility index (Phi) is 10.8. The predicted octanol–water partition coefficient (Wildman–Crippen LogP) is 3.46. The first-order chi connectivity index (χ1) is 16.5. The molecule has 0 unspecified atom stereocenters. The van der Waals surface area contributed by atoms with E-state index in [0.29, 0.717) is 32.6 Å². The lowest BCUT2D eigenvalue weighted by Gasteiger charge is -2.35. The molecule has 0 spiro atoms. The molecule has 2 N–H and O–H groups in total. The highest BCUT2D eigenvalue weighted by molar-refractivity contribution is 5.89. The number of methoxy groups -OCH3 is 1. The maximum absolute atomic E-state index is 12.9. The van der Waals surface area contributed by atoms with Gasteiger partial charge in [-0.05, 0) is 44.0 Å². The molecule has 0 aromatic heterocycles. The zero-order valence-corrected chi connectivity index (χ0v) is 20.7. The molecule has 8 nitrogen and oxygen atoms in total. The third-order valence-corrected chi connectivity index (χ3v) is 6.34. The summed E-state index contributed by atoms with van der Waals surface area (Å²) >= 11 is 0. The van der Waals surface area contributed by atoms with Crippen molar-refractivity contribution >= 4 is 17.6 Å². The van der Waals surface area contributed by atoms with Gasteiger partial charge in [-0.15, -0.1) is 0 Å². The zero-order chi connectivity index (χ0) is 26.2. The van der Waals surface area contributed by atoms with Crippen LogP contribution in [-0.4, -0.2) is 86.1 Å². The first kappa shape index (κ1) is 28.9. The molecular formula is C24H36F3N3O5. The third-order valence-electron chi connectivity index (χ3n) is 6.34. The zero-order valence-electron chi connectivity index (χ0n) is 20.7. The SMILES string of the molecule is CO[C@H](CN(C)C(=O)C1CCOCC1)[C@H](C)CN(C(=O)Nc1ccc(C(F)(F)F)cc1)[C@H](C)CO. The number of hydrogen-bond acceptors (Lipinski definition) is 5. The quantitative estimate of drug-likeness (QED) is 0.510. The molecule has 11 heteroatoms. The molecule has 3 amide bonds. The Morgan fingerprint density at radius 3 is 2.29 bits per heavy atom. The van der Waals surface area contributed by atoms with Crippen molar-refractivity contribution in [3.05, 3.63) is 29.8 Å².